The normalized spacial score (nSPS) is 12.9. The molecule has 5 nitrogen and oxygen atoms in total. The maximum Gasteiger partial charge on any atom is 0.338 e. The van der Waals surface area contributed by atoms with Gasteiger partial charge in [0.1, 0.15) is 5.75 Å². The summed E-state index contributed by atoms with van der Waals surface area (Å²) < 4.78 is 7.12. The summed E-state index contributed by atoms with van der Waals surface area (Å²) in [7, 11) is 1.57. The van der Waals surface area contributed by atoms with Gasteiger partial charge in [0.2, 0.25) is 0 Å². The number of methoxy groups -OCH3 is 1. The number of aliphatic carboxylic acids is 1. The predicted octanol–water partition coefficient (Wildman–Crippen LogP) is 2.35. The first-order valence-corrected chi connectivity index (χ1v) is 6.06. The van der Waals surface area contributed by atoms with Crippen LogP contribution in [0.3, 0.4) is 0 Å². The summed E-state index contributed by atoms with van der Waals surface area (Å²) in [6.45, 7) is 3.87. The maximum atomic E-state index is 11.0. The van der Waals surface area contributed by atoms with Crippen LogP contribution in [0.1, 0.15) is 31.7 Å². The van der Waals surface area contributed by atoms with E-state index in [-0.39, 0.29) is 6.04 Å². The van der Waals surface area contributed by atoms with E-state index in [9.17, 15) is 9.90 Å². The lowest BCUT2D eigenvalue weighted by atomic mass is 10.2. The SMILES string of the molecule is COc1cccc2cc(C(O)C(=O)O)n(C(C)C)c12. The number of ether oxygens (including phenoxy) is 1. The molecule has 102 valence electrons. The Bertz CT molecular complexity index is 615. The maximum absolute atomic E-state index is 11.0. The minimum Gasteiger partial charge on any atom is -0.495 e. The summed E-state index contributed by atoms with van der Waals surface area (Å²) in [5, 5.41) is 19.7. The summed E-state index contributed by atoms with van der Waals surface area (Å²) in [5.41, 5.74) is 1.16. The van der Waals surface area contributed by atoms with Crippen molar-refractivity contribution in [2.24, 2.45) is 0 Å². The highest BCUT2D eigenvalue weighted by Crippen LogP contribution is 2.34. The van der Waals surface area contributed by atoms with Crippen molar-refractivity contribution < 1.29 is 19.7 Å². The molecule has 0 saturated carbocycles. The Labute approximate surface area is 111 Å². The van der Waals surface area contributed by atoms with Gasteiger partial charge < -0.3 is 19.5 Å². The number of benzene rings is 1. The second kappa shape index (κ2) is 4.93. The second-order valence-corrected chi connectivity index (χ2v) is 4.67. The molecule has 2 rings (SSSR count). The zero-order valence-electron chi connectivity index (χ0n) is 11.1. The third-order valence-corrected chi connectivity index (χ3v) is 3.10. The van der Waals surface area contributed by atoms with Gasteiger partial charge in [-0.2, -0.15) is 0 Å². The van der Waals surface area contributed by atoms with E-state index in [1.807, 2.05) is 32.0 Å². The fourth-order valence-corrected chi connectivity index (χ4v) is 2.33. The highest BCUT2D eigenvalue weighted by Gasteiger charge is 2.24. The fraction of sp³-hybridized carbons (Fsp3) is 0.357. The van der Waals surface area contributed by atoms with Crippen LogP contribution in [0.5, 0.6) is 5.75 Å². The lowest BCUT2D eigenvalue weighted by molar-refractivity contribution is -0.147. The number of aliphatic hydroxyl groups excluding tert-OH is 1. The third-order valence-electron chi connectivity index (χ3n) is 3.10. The van der Waals surface area contributed by atoms with Gasteiger partial charge in [0.15, 0.2) is 6.10 Å². The highest BCUT2D eigenvalue weighted by molar-refractivity contribution is 5.89. The number of para-hydroxylation sites is 1. The van der Waals surface area contributed by atoms with Gasteiger partial charge in [0, 0.05) is 11.4 Å². The Morgan fingerprint density at radius 1 is 1.37 bits per heavy atom. The first-order chi connectivity index (χ1) is 8.97. The van der Waals surface area contributed by atoms with Gasteiger partial charge in [-0.1, -0.05) is 12.1 Å². The molecule has 0 fully saturated rings. The number of aliphatic hydroxyl groups is 1. The van der Waals surface area contributed by atoms with Crippen LogP contribution in [-0.4, -0.2) is 27.9 Å². The Hall–Kier alpha value is -2.01. The smallest absolute Gasteiger partial charge is 0.338 e. The molecule has 0 spiro atoms. The molecule has 1 heterocycles. The number of carboxylic acid groups (broad SMARTS) is 1. The average Bonchev–Trinajstić information content (AvgIpc) is 2.76. The minimum absolute atomic E-state index is 0.0119. The first-order valence-electron chi connectivity index (χ1n) is 6.06. The first kappa shape index (κ1) is 13.4. The van der Waals surface area contributed by atoms with Crippen LogP contribution in [0.2, 0.25) is 0 Å². The van der Waals surface area contributed by atoms with Gasteiger partial charge in [0.25, 0.3) is 0 Å². The molecule has 2 aromatic rings. The van der Waals surface area contributed by atoms with Gasteiger partial charge in [-0.15, -0.1) is 0 Å². The number of rotatable bonds is 4. The molecule has 0 aliphatic rings. The second-order valence-electron chi connectivity index (χ2n) is 4.67. The Kier molecular flexibility index (Phi) is 3.48. The largest absolute Gasteiger partial charge is 0.495 e. The molecule has 0 bridgehead atoms. The zero-order valence-corrected chi connectivity index (χ0v) is 11.1. The van der Waals surface area contributed by atoms with Crippen LogP contribution >= 0.6 is 0 Å². The molecular formula is C14H17NO4. The molecule has 19 heavy (non-hydrogen) atoms. The van der Waals surface area contributed by atoms with Crippen LogP contribution in [-0.2, 0) is 4.79 Å². The number of carbonyl (C=O) groups is 1. The Morgan fingerprint density at radius 3 is 2.58 bits per heavy atom. The van der Waals surface area contributed by atoms with E-state index in [2.05, 4.69) is 0 Å². The van der Waals surface area contributed by atoms with Crippen molar-refractivity contribution in [3.63, 3.8) is 0 Å². The topological polar surface area (TPSA) is 71.7 Å². The summed E-state index contributed by atoms with van der Waals surface area (Å²) in [4.78, 5) is 11.0. The van der Waals surface area contributed by atoms with Crippen molar-refractivity contribution >= 4 is 16.9 Å². The number of hydrogen-bond acceptors (Lipinski definition) is 3. The van der Waals surface area contributed by atoms with Crippen LogP contribution in [0.15, 0.2) is 24.3 Å². The monoisotopic (exact) mass is 263 g/mol. The molecule has 0 aliphatic heterocycles. The number of fused-ring (bicyclic) bond motifs is 1. The van der Waals surface area contributed by atoms with Crippen molar-refractivity contribution in [1.29, 1.82) is 0 Å². The van der Waals surface area contributed by atoms with Crippen LogP contribution < -0.4 is 4.74 Å². The molecule has 1 aromatic heterocycles. The zero-order chi connectivity index (χ0) is 14.2. The van der Waals surface area contributed by atoms with E-state index in [4.69, 9.17) is 9.84 Å². The highest BCUT2D eigenvalue weighted by atomic mass is 16.5. The van der Waals surface area contributed by atoms with Gasteiger partial charge in [-0.25, -0.2) is 4.79 Å². The molecule has 0 radical (unpaired) electrons. The minimum atomic E-state index is -1.54. The van der Waals surface area contributed by atoms with E-state index < -0.39 is 12.1 Å². The molecule has 5 heteroatoms. The van der Waals surface area contributed by atoms with Crippen molar-refractivity contribution in [3.8, 4) is 5.75 Å². The molecule has 1 atom stereocenters. The van der Waals surface area contributed by atoms with Crippen molar-refractivity contribution in [3.05, 3.63) is 30.0 Å². The summed E-state index contributed by atoms with van der Waals surface area (Å²) in [5.74, 6) is -0.598. The van der Waals surface area contributed by atoms with E-state index >= 15 is 0 Å². The van der Waals surface area contributed by atoms with Gasteiger partial charge in [-0.3, -0.25) is 0 Å². The molecule has 1 unspecified atom stereocenters. The van der Waals surface area contributed by atoms with Crippen LogP contribution in [0, 0.1) is 0 Å². The molecule has 2 N–H and O–H groups in total. The van der Waals surface area contributed by atoms with E-state index in [1.54, 1.807) is 17.7 Å². The summed E-state index contributed by atoms with van der Waals surface area (Å²) >= 11 is 0. The molecule has 0 saturated heterocycles. The van der Waals surface area contributed by atoms with E-state index in [0.29, 0.717) is 11.4 Å². The van der Waals surface area contributed by atoms with E-state index in [0.717, 1.165) is 10.9 Å². The lowest BCUT2D eigenvalue weighted by Gasteiger charge is -2.17. The quantitative estimate of drug-likeness (QED) is 0.888. The number of hydrogen-bond donors (Lipinski definition) is 2. The van der Waals surface area contributed by atoms with Gasteiger partial charge in [0.05, 0.1) is 18.3 Å². The van der Waals surface area contributed by atoms with Crippen molar-refractivity contribution in [1.82, 2.24) is 4.57 Å². The van der Waals surface area contributed by atoms with Gasteiger partial charge in [-0.05, 0) is 26.0 Å². The Balaban J connectivity index is 2.78. The number of aromatic nitrogens is 1. The van der Waals surface area contributed by atoms with Crippen LogP contribution in [0.4, 0.5) is 0 Å². The molecule has 0 amide bonds. The number of carboxylic acids is 1. The standard InChI is InChI=1S/C14H17NO4/c1-8(2)15-10(13(16)14(17)18)7-9-5-4-6-11(19-3)12(9)15/h4-8,13,16H,1-3H3,(H,17,18). The molecule has 1 aromatic carbocycles. The molecular weight excluding hydrogens is 246 g/mol. The van der Waals surface area contributed by atoms with Crippen molar-refractivity contribution in [2.45, 2.75) is 26.0 Å². The number of nitrogens with zero attached hydrogens (tertiary/aromatic N) is 1. The summed E-state index contributed by atoms with van der Waals surface area (Å²) in [6.07, 6.45) is -1.54. The predicted molar refractivity (Wildman–Crippen MR) is 71.5 cm³/mol. The van der Waals surface area contributed by atoms with Gasteiger partial charge >= 0.3 is 5.97 Å². The van der Waals surface area contributed by atoms with Crippen LogP contribution in [0.25, 0.3) is 10.9 Å². The summed E-state index contributed by atoms with van der Waals surface area (Å²) in [6, 6.07) is 7.23. The third kappa shape index (κ3) is 2.17. The molecule has 0 aliphatic carbocycles. The average molecular weight is 263 g/mol. The van der Waals surface area contributed by atoms with Crippen molar-refractivity contribution in [2.75, 3.05) is 7.11 Å². The Morgan fingerprint density at radius 2 is 2.05 bits per heavy atom. The van der Waals surface area contributed by atoms with E-state index in [1.165, 1.54) is 0 Å². The lowest BCUT2D eigenvalue weighted by Crippen LogP contribution is -2.16. The fourth-order valence-electron chi connectivity index (χ4n) is 2.33.